The zero-order valence-corrected chi connectivity index (χ0v) is 12.4. The summed E-state index contributed by atoms with van der Waals surface area (Å²) in [6, 6.07) is 2.26. The van der Waals surface area contributed by atoms with E-state index in [1.54, 1.807) is 0 Å². The van der Waals surface area contributed by atoms with Gasteiger partial charge in [0.1, 0.15) is 18.0 Å². The van der Waals surface area contributed by atoms with Gasteiger partial charge in [-0.3, -0.25) is 0 Å². The number of alkyl halides is 3. The average molecular weight is 334 g/mol. The number of ether oxygens (including phenoxy) is 1. The third-order valence-electron chi connectivity index (χ3n) is 4.26. The smallest absolute Gasteiger partial charge is 0.272 e. The van der Waals surface area contributed by atoms with E-state index in [2.05, 4.69) is 6.58 Å². The van der Waals surface area contributed by atoms with Crippen LogP contribution in [0.5, 0.6) is 5.75 Å². The second-order valence-corrected chi connectivity index (χ2v) is 7.79. The first kappa shape index (κ1) is 15.4. The molecule has 22 heavy (non-hydrogen) atoms. The summed E-state index contributed by atoms with van der Waals surface area (Å²) in [5, 5.41) is 7.70. The molecule has 0 bridgehead atoms. The lowest BCUT2D eigenvalue weighted by molar-refractivity contribution is -0.0426. The number of sulfone groups is 1. The van der Waals surface area contributed by atoms with E-state index in [4.69, 9.17) is 4.74 Å². The summed E-state index contributed by atoms with van der Waals surface area (Å²) in [6.07, 6.45) is -3.06. The zero-order valence-electron chi connectivity index (χ0n) is 11.6. The van der Waals surface area contributed by atoms with Crippen LogP contribution in [0.1, 0.15) is 24.5 Å². The maximum Gasteiger partial charge on any atom is 0.272 e. The normalized spacial score (nSPS) is 31.6. The van der Waals surface area contributed by atoms with Crippen molar-refractivity contribution in [2.75, 3.05) is 6.61 Å². The van der Waals surface area contributed by atoms with Crippen molar-refractivity contribution in [2.24, 2.45) is 0 Å². The number of rotatable bonds is 3. The van der Waals surface area contributed by atoms with Crippen molar-refractivity contribution in [1.29, 1.82) is 0 Å². The highest BCUT2D eigenvalue weighted by Crippen LogP contribution is 2.62. The molecule has 3 rings (SSSR count). The van der Waals surface area contributed by atoms with Crippen molar-refractivity contribution in [3.63, 3.8) is 0 Å². The first-order valence-corrected chi connectivity index (χ1v) is 7.95. The van der Waals surface area contributed by atoms with Crippen molar-refractivity contribution in [1.82, 2.24) is 0 Å². The number of halogens is 3. The van der Waals surface area contributed by atoms with E-state index in [-0.39, 0.29) is 33.8 Å². The summed E-state index contributed by atoms with van der Waals surface area (Å²) in [4.78, 5) is -0.349. The van der Waals surface area contributed by atoms with Crippen molar-refractivity contribution in [3.8, 4) is 5.75 Å². The van der Waals surface area contributed by atoms with Gasteiger partial charge in [0.2, 0.25) is 14.8 Å². The van der Waals surface area contributed by atoms with Crippen LogP contribution in [-0.2, 0) is 15.4 Å². The molecule has 2 atom stereocenters. The first-order valence-electron chi connectivity index (χ1n) is 6.46. The van der Waals surface area contributed by atoms with Crippen LogP contribution in [0.3, 0.4) is 0 Å². The van der Waals surface area contributed by atoms with Crippen LogP contribution >= 0.6 is 0 Å². The van der Waals surface area contributed by atoms with E-state index < -0.39 is 33.5 Å². The largest absolute Gasteiger partial charge is 0.487 e. The van der Waals surface area contributed by atoms with Gasteiger partial charge in [0.25, 0.3) is 6.43 Å². The van der Waals surface area contributed by atoms with Gasteiger partial charge in [-0.1, -0.05) is 6.58 Å². The highest BCUT2D eigenvalue weighted by atomic mass is 32.2. The summed E-state index contributed by atoms with van der Waals surface area (Å²) in [5.41, 5.74) is -2.07. The van der Waals surface area contributed by atoms with Gasteiger partial charge in [-0.05, 0) is 24.6 Å². The van der Waals surface area contributed by atoms with E-state index in [1.165, 1.54) is 6.07 Å². The summed E-state index contributed by atoms with van der Waals surface area (Å²) < 4.78 is 68.9. The number of hydrogen-bond acceptors (Lipinski definition) is 4. The van der Waals surface area contributed by atoms with Gasteiger partial charge in [0.15, 0.2) is 0 Å². The molecule has 2 aliphatic rings. The van der Waals surface area contributed by atoms with Gasteiger partial charge in [0.05, 0.1) is 4.90 Å². The predicted octanol–water partition coefficient (Wildman–Crippen LogP) is 2.41. The molecule has 0 saturated carbocycles. The van der Waals surface area contributed by atoms with Crippen LogP contribution in [0.4, 0.5) is 13.2 Å². The molecule has 0 radical (unpaired) electrons. The monoisotopic (exact) mass is 334 g/mol. The SMILES string of the molecule is C=C1CC2(O)c3c(ccc(OCC(F)F)c31)S(=O)(=O)C2(C)F. The van der Waals surface area contributed by atoms with Crippen LogP contribution in [0.15, 0.2) is 23.6 Å². The van der Waals surface area contributed by atoms with E-state index in [0.717, 1.165) is 13.0 Å². The Morgan fingerprint density at radius 1 is 1.45 bits per heavy atom. The third-order valence-corrected chi connectivity index (χ3v) is 6.53. The highest BCUT2D eigenvalue weighted by molar-refractivity contribution is 7.93. The van der Waals surface area contributed by atoms with E-state index >= 15 is 0 Å². The molecule has 1 aliphatic carbocycles. The van der Waals surface area contributed by atoms with E-state index in [1.807, 2.05) is 0 Å². The summed E-state index contributed by atoms with van der Waals surface area (Å²) in [6.45, 7) is 3.58. The molecular formula is C14H13F3O4S. The van der Waals surface area contributed by atoms with Gasteiger partial charge in [-0.25, -0.2) is 21.6 Å². The molecule has 1 aromatic carbocycles. The van der Waals surface area contributed by atoms with Crippen LogP contribution in [0.25, 0.3) is 5.57 Å². The van der Waals surface area contributed by atoms with Crippen LogP contribution in [-0.4, -0.2) is 31.6 Å². The Labute approximate surface area is 125 Å². The molecule has 2 unspecified atom stereocenters. The Bertz CT molecular complexity index is 786. The standard InChI is InChI=1S/C14H13F3O4S/c1-7-5-14(18)12-9(22(19,20)13(14,2)17)4-3-8(11(7)12)21-6-10(15)16/h3-4,10,18H,1,5-6H2,2H3. The zero-order chi connectivity index (χ0) is 16.5. The molecule has 0 spiro atoms. The fourth-order valence-electron chi connectivity index (χ4n) is 3.12. The Kier molecular flexibility index (Phi) is 2.97. The lowest BCUT2D eigenvalue weighted by Gasteiger charge is -2.28. The average Bonchev–Trinajstić information content (AvgIpc) is 2.74. The quantitative estimate of drug-likeness (QED) is 0.922. The Morgan fingerprint density at radius 3 is 2.68 bits per heavy atom. The molecule has 1 N–H and O–H groups in total. The lowest BCUT2D eigenvalue weighted by Crippen LogP contribution is -2.44. The van der Waals surface area contributed by atoms with Gasteiger partial charge in [-0.2, -0.15) is 0 Å². The fourth-order valence-corrected chi connectivity index (χ4v) is 4.94. The second-order valence-electron chi connectivity index (χ2n) is 5.57. The van der Waals surface area contributed by atoms with E-state index in [9.17, 15) is 26.7 Å². The minimum absolute atomic E-state index is 0.0344. The van der Waals surface area contributed by atoms with Crippen molar-refractivity contribution in [3.05, 3.63) is 29.8 Å². The minimum Gasteiger partial charge on any atom is -0.487 e. The number of aliphatic hydroxyl groups is 1. The molecule has 1 heterocycles. The molecular weight excluding hydrogens is 321 g/mol. The Hall–Kier alpha value is -1.54. The van der Waals surface area contributed by atoms with Crippen LogP contribution < -0.4 is 4.74 Å². The molecule has 120 valence electrons. The first-order chi connectivity index (χ1) is 10.0. The van der Waals surface area contributed by atoms with Gasteiger partial charge in [0, 0.05) is 17.5 Å². The van der Waals surface area contributed by atoms with Crippen LogP contribution in [0.2, 0.25) is 0 Å². The predicted molar refractivity (Wildman–Crippen MR) is 72.2 cm³/mol. The maximum absolute atomic E-state index is 14.8. The third kappa shape index (κ3) is 1.59. The minimum atomic E-state index is -4.40. The van der Waals surface area contributed by atoms with E-state index in [0.29, 0.717) is 0 Å². The molecule has 0 saturated heterocycles. The Balaban J connectivity index is 2.26. The second kappa shape index (κ2) is 4.26. The molecule has 1 aliphatic heterocycles. The summed E-state index contributed by atoms with van der Waals surface area (Å²) in [7, 11) is -4.40. The molecule has 0 aromatic heterocycles. The molecule has 1 aromatic rings. The number of hydrogen-bond donors (Lipinski definition) is 1. The fraction of sp³-hybridized carbons (Fsp3) is 0.429. The van der Waals surface area contributed by atoms with Crippen molar-refractivity contribution in [2.45, 2.75) is 35.3 Å². The molecule has 0 amide bonds. The number of benzene rings is 1. The highest BCUT2D eigenvalue weighted by Gasteiger charge is 2.69. The molecule has 4 nitrogen and oxygen atoms in total. The van der Waals surface area contributed by atoms with Gasteiger partial charge >= 0.3 is 0 Å². The summed E-state index contributed by atoms with van der Waals surface area (Å²) in [5.74, 6) is -0.0344. The van der Waals surface area contributed by atoms with Crippen molar-refractivity contribution < 1.29 is 31.4 Å². The lowest BCUT2D eigenvalue weighted by atomic mass is 9.91. The topological polar surface area (TPSA) is 63.6 Å². The molecule has 0 fully saturated rings. The van der Waals surface area contributed by atoms with Gasteiger partial charge in [-0.15, -0.1) is 0 Å². The van der Waals surface area contributed by atoms with Crippen LogP contribution in [0, 0.1) is 0 Å². The summed E-state index contributed by atoms with van der Waals surface area (Å²) >= 11 is 0. The van der Waals surface area contributed by atoms with Crippen molar-refractivity contribution >= 4 is 15.4 Å². The maximum atomic E-state index is 14.8. The molecule has 8 heteroatoms. The Morgan fingerprint density at radius 2 is 2.09 bits per heavy atom. The van der Waals surface area contributed by atoms with Gasteiger partial charge < -0.3 is 9.84 Å².